The summed E-state index contributed by atoms with van der Waals surface area (Å²) >= 11 is 1.83. The number of phenols is 1. The summed E-state index contributed by atoms with van der Waals surface area (Å²) in [5.41, 5.74) is 0.735. The van der Waals surface area contributed by atoms with Gasteiger partial charge in [0.2, 0.25) is 0 Å². The van der Waals surface area contributed by atoms with Crippen LogP contribution in [0.1, 0.15) is 25.3 Å². The Morgan fingerprint density at radius 3 is 2.74 bits per heavy atom. The van der Waals surface area contributed by atoms with Crippen molar-refractivity contribution in [1.82, 2.24) is 5.32 Å². The predicted octanol–water partition coefficient (Wildman–Crippen LogP) is 2.17. The lowest BCUT2D eigenvalue weighted by Crippen LogP contribution is -2.43. The van der Waals surface area contributed by atoms with Crippen molar-refractivity contribution in [3.8, 4) is 5.75 Å². The van der Waals surface area contributed by atoms with Gasteiger partial charge in [0.05, 0.1) is 5.60 Å². The first-order valence-corrected chi connectivity index (χ1v) is 8.04. The third-order valence-corrected chi connectivity index (χ3v) is 4.90. The number of rotatable bonds is 6. The van der Waals surface area contributed by atoms with Gasteiger partial charge < -0.3 is 15.5 Å². The molecule has 1 fully saturated rings. The van der Waals surface area contributed by atoms with Gasteiger partial charge in [0.15, 0.2) is 0 Å². The summed E-state index contributed by atoms with van der Waals surface area (Å²) in [5.74, 6) is 2.24. The lowest BCUT2D eigenvalue weighted by Gasteiger charge is -2.24. The molecule has 0 unspecified atom stereocenters. The third kappa shape index (κ3) is 4.71. The van der Waals surface area contributed by atoms with E-state index in [9.17, 15) is 10.2 Å². The zero-order valence-corrected chi connectivity index (χ0v) is 12.2. The van der Waals surface area contributed by atoms with Gasteiger partial charge >= 0.3 is 0 Å². The van der Waals surface area contributed by atoms with Crippen LogP contribution in [0.15, 0.2) is 24.3 Å². The van der Waals surface area contributed by atoms with Gasteiger partial charge in [-0.25, -0.2) is 0 Å². The molecule has 2 rings (SSSR count). The minimum atomic E-state index is -0.503. The van der Waals surface area contributed by atoms with Crippen LogP contribution in [0.2, 0.25) is 0 Å². The van der Waals surface area contributed by atoms with E-state index in [0.29, 0.717) is 18.3 Å². The number of aromatic hydroxyl groups is 1. The topological polar surface area (TPSA) is 52.5 Å². The van der Waals surface area contributed by atoms with Crippen LogP contribution in [0, 0.1) is 0 Å². The van der Waals surface area contributed by atoms with Gasteiger partial charge in [0.25, 0.3) is 0 Å². The Kier molecular flexibility index (Phi) is 5.13. The standard InChI is InChI=1S/C15H23NO2S/c1-12(16-10-15(18)8-9-19-11-15)2-3-13-4-6-14(17)7-5-13/h4-7,12,16-18H,2-3,8-11H2,1H3/t12-,15+/m0/s1. The van der Waals surface area contributed by atoms with E-state index >= 15 is 0 Å². The van der Waals surface area contributed by atoms with E-state index in [4.69, 9.17) is 0 Å². The van der Waals surface area contributed by atoms with Gasteiger partial charge in [-0.15, -0.1) is 0 Å². The van der Waals surface area contributed by atoms with Crippen LogP contribution in [-0.4, -0.2) is 39.9 Å². The molecule has 0 aliphatic carbocycles. The fourth-order valence-corrected chi connectivity index (χ4v) is 3.54. The van der Waals surface area contributed by atoms with Gasteiger partial charge in [0, 0.05) is 18.3 Å². The first-order valence-electron chi connectivity index (χ1n) is 6.89. The maximum atomic E-state index is 10.2. The highest BCUT2D eigenvalue weighted by molar-refractivity contribution is 7.99. The lowest BCUT2D eigenvalue weighted by atomic mass is 10.0. The van der Waals surface area contributed by atoms with Crippen molar-refractivity contribution in [3.05, 3.63) is 29.8 Å². The molecule has 1 heterocycles. The average Bonchev–Trinajstić information content (AvgIpc) is 2.83. The van der Waals surface area contributed by atoms with Crippen molar-refractivity contribution in [1.29, 1.82) is 0 Å². The second-order valence-corrected chi connectivity index (χ2v) is 6.62. The molecule has 3 N–H and O–H groups in total. The van der Waals surface area contributed by atoms with Gasteiger partial charge in [0.1, 0.15) is 5.75 Å². The third-order valence-electron chi connectivity index (χ3n) is 3.66. The first kappa shape index (κ1) is 14.7. The monoisotopic (exact) mass is 281 g/mol. The zero-order valence-electron chi connectivity index (χ0n) is 11.4. The van der Waals surface area contributed by atoms with Crippen molar-refractivity contribution in [2.45, 2.75) is 37.8 Å². The zero-order chi connectivity index (χ0) is 13.7. The number of phenolic OH excluding ortho intramolecular Hbond substituents is 1. The molecule has 0 saturated carbocycles. The molecule has 106 valence electrons. The number of thioether (sulfide) groups is 1. The first-order chi connectivity index (χ1) is 9.07. The fourth-order valence-electron chi connectivity index (χ4n) is 2.25. The predicted molar refractivity (Wildman–Crippen MR) is 80.8 cm³/mol. The van der Waals surface area contributed by atoms with Crippen LogP contribution in [0.5, 0.6) is 5.75 Å². The molecule has 2 atom stereocenters. The molecule has 1 aromatic carbocycles. The van der Waals surface area contributed by atoms with Crippen molar-refractivity contribution in [2.75, 3.05) is 18.1 Å². The molecule has 0 spiro atoms. The number of hydrogen-bond donors (Lipinski definition) is 3. The Morgan fingerprint density at radius 2 is 2.11 bits per heavy atom. The largest absolute Gasteiger partial charge is 0.508 e. The summed E-state index contributed by atoms with van der Waals surface area (Å²) in [6.45, 7) is 2.85. The summed E-state index contributed by atoms with van der Waals surface area (Å²) in [6, 6.07) is 7.77. The normalized spacial score (nSPS) is 24.5. The second-order valence-electron chi connectivity index (χ2n) is 5.51. The highest BCUT2D eigenvalue weighted by Crippen LogP contribution is 2.27. The summed E-state index contributed by atoms with van der Waals surface area (Å²) in [7, 11) is 0. The van der Waals surface area contributed by atoms with Crippen LogP contribution in [0.25, 0.3) is 0 Å². The number of aryl methyl sites for hydroxylation is 1. The van der Waals surface area contributed by atoms with Crippen LogP contribution < -0.4 is 5.32 Å². The van der Waals surface area contributed by atoms with E-state index in [0.717, 1.165) is 30.8 Å². The van der Waals surface area contributed by atoms with Gasteiger partial charge in [-0.05, 0) is 49.6 Å². The Bertz CT molecular complexity index is 388. The van der Waals surface area contributed by atoms with Crippen molar-refractivity contribution in [3.63, 3.8) is 0 Å². The number of aliphatic hydroxyl groups is 1. The Labute approximate surface area is 119 Å². The number of benzene rings is 1. The fraction of sp³-hybridized carbons (Fsp3) is 0.600. The number of hydrogen-bond acceptors (Lipinski definition) is 4. The van der Waals surface area contributed by atoms with E-state index in [-0.39, 0.29) is 0 Å². The second kappa shape index (κ2) is 6.64. The Hall–Kier alpha value is -0.710. The highest BCUT2D eigenvalue weighted by Gasteiger charge is 2.31. The minimum absolute atomic E-state index is 0.316. The number of nitrogens with one attached hydrogen (secondary N) is 1. The Morgan fingerprint density at radius 1 is 1.37 bits per heavy atom. The summed E-state index contributed by atoms with van der Waals surface area (Å²) in [6.07, 6.45) is 2.92. The van der Waals surface area contributed by atoms with Gasteiger partial charge in [-0.1, -0.05) is 12.1 Å². The molecule has 0 amide bonds. The van der Waals surface area contributed by atoms with Crippen molar-refractivity contribution in [2.24, 2.45) is 0 Å². The smallest absolute Gasteiger partial charge is 0.115 e. The molecule has 1 aromatic rings. The quantitative estimate of drug-likeness (QED) is 0.748. The molecule has 0 bridgehead atoms. The van der Waals surface area contributed by atoms with E-state index in [1.165, 1.54) is 5.56 Å². The van der Waals surface area contributed by atoms with Crippen molar-refractivity contribution < 1.29 is 10.2 Å². The molecule has 1 aliphatic heterocycles. The summed E-state index contributed by atoms with van der Waals surface area (Å²) in [4.78, 5) is 0. The highest BCUT2D eigenvalue weighted by atomic mass is 32.2. The molecule has 1 aliphatic rings. The molecule has 3 nitrogen and oxygen atoms in total. The van der Waals surface area contributed by atoms with Gasteiger partial charge in [-0.2, -0.15) is 11.8 Å². The average molecular weight is 281 g/mol. The van der Waals surface area contributed by atoms with E-state index in [1.807, 2.05) is 23.9 Å². The van der Waals surface area contributed by atoms with Crippen LogP contribution >= 0.6 is 11.8 Å². The molecular weight excluding hydrogens is 258 g/mol. The van der Waals surface area contributed by atoms with Crippen LogP contribution in [0.4, 0.5) is 0 Å². The maximum Gasteiger partial charge on any atom is 0.115 e. The summed E-state index contributed by atoms with van der Waals surface area (Å²) in [5, 5.41) is 22.9. The minimum Gasteiger partial charge on any atom is -0.508 e. The molecule has 1 saturated heterocycles. The lowest BCUT2D eigenvalue weighted by molar-refractivity contribution is 0.0649. The Balaban J connectivity index is 1.69. The molecule has 0 radical (unpaired) electrons. The molecule has 4 heteroatoms. The van der Waals surface area contributed by atoms with Crippen LogP contribution in [0.3, 0.4) is 0 Å². The molecular formula is C15H23NO2S. The van der Waals surface area contributed by atoms with E-state index in [2.05, 4.69) is 12.2 Å². The maximum absolute atomic E-state index is 10.2. The molecule has 19 heavy (non-hydrogen) atoms. The van der Waals surface area contributed by atoms with Crippen LogP contribution in [-0.2, 0) is 6.42 Å². The summed E-state index contributed by atoms with van der Waals surface area (Å²) < 4.78 is 0. The molecule has 0 aromatic heterocycles. The van der Waals surface area contributed by atoms with E-state index < -0.39 is 5.60 Å². The SMILES string of the molecule is C[C@@H](CCc1ccc(O)cc1)NC[C@]1(O)CCSC1. The van der Waals surface area contributed by atoms with Crippen molar-refractivity contribution >= 4 is 11.8 Å². The van der Waals surface area contributed by atoms with E-state index in [1.54, 1.807) is 12.1 Å². The van der Waals surface area contributed by atoms with Gasteiger partial charge in [-0.3, -0.25) is 0 Å².